The molecule has 0 saturated carbocycles. The van der Waals surface area contributed by atoms with Gasteiger partial charge >= 0.3 is 0 Å². The summed E-state index contributed by atoms with van der Waals surface area (Å²) in [5.41, 5.74) is 9.25. The van der Waals surface area contributed by atoms with Crippen molar-refractivity contribution in [3.8, 4) is 0 Å². The maximum absolute atomic E-state index is 10.9. The Balaban J connectivity index is 2.24. The van der Waals surface area contributed by atoms with Crippen LogP contribution < -0.4 is 5.73 Å². The number of hydrogen-bond acceptors (Lipinski definition) is 2. The first-order valence-electron chi connectivity index (χ1n) is 5.66. The molecule has 1 aromatic carbocycles. The van der Waals surface area contributed by atoms with Crippen molar-refractivity contribution < 1.29 is 4.79 Å². The van der Waals surface area contributed by atoms with Crippen LogP contribution in [-0.4, -0.2) is 23.9 Å². The number of hydrogen-bond donors (Lipinski definition) is 1. The van der Waals surface area contributed by atoms with Gasteiger partial charge in [-0.1, -0.05) is 30.7 Å². The number of primary amides is 1. The molecule has 1 heterocycles. The first kappa shape index (κ1) is 11.1. The molecule has 1 aliphatic rings. The molecule has 2 N–H and O–H groups in total. The van der Waals surface area contributed by atoms with Gasteiger partial charge in [-0.15, -0.1) is 0 Å². The van der Waals surface area contributed by atoms with E-state index in [9.17, 15) is 4.79 Å². The molecule has 0 radical (unpaired) electrons. The molecule has 0 aliphatic carbocycles. The van der Waals surface area contributed by atoms with E-state index in [2.05, 4.69) is 36.9 Å². The standard InChI is InChI=1S/C13H18N2O/c1-9-3-4-12-10(2)6-15(8-13(14)16)7-11(12)5-9/h3-5,10H,6-8H2,1-2H3,(H2,14,16). The molecule has 3 heteroatoms. The van der Waals surface area contributed by atoms with Crippen molar-refractivity contribution in [3.63, 3.8) is 0 Å². The lowest BCUT2D eigenvalue weighted by Gasteiger charge is -2.32. The Morgan fingerprint density at radius 2 is 2.31 bits per heavy atom. The summed E-state index contributed by atoms with van der Waals surface area (Å²) in [5, 5.41) is 0. The number of nitrogens with two attached hydrogens (primary N) is 1. The van der Waals surface area contributed by atoms with Crippen molar-refractivity contribution in [2.75, 3.05) is 13.1 Å². The normalized spacial score (nSPS) is 20.5. The van der Waals surface area contributed by atoms with Gasteiger partial charge in [0.25, 0.3) is 0 Å². The van der Waals surface area contributed by atoms with E-state index in [1.807, 2.05) is 0 Å². The topological polar surface area (TPSA) is 46.3 Å². The molecule has 86 valence electrons. The van der Waals surface area contributed by atoms with Crippen molar-refractivity contribution in [1.82, 2.24) is 4.90 Å². The highest BCUT2D eigenvalue weighted by Gasteiger charge is 2.22. The maximum Gasteiger partial charge on any atom is 0.231 e. The molecule has 1 aliphatic heterocycles. The van der Waals surface area contributed by atoms with Crippen LogP contribution >= 0.6 is 0 Å². The van der Waals surface area contributed by atoms with Crippen LogP contribution in [0, 0.1) is 6.92 Å². The first-order chi connectivity index (χ1) is 7.56. The van der Waals surface area contributed by atoms with E-state index < -0.39 is 0 Å². The zero-order chi connectivity index (χ0) is 11.7. The van der Waals surface area contributed by atoms with E-state index in [-0.39, 0.29) is 5.91 Å². The number of nitrogens with zero attached hydrogens (tertiary/aromatic N) is 1. The summed E-state index contributed by atoms with van der Waals surface area (Å²) >= 11 is 0. The van der Waals surface area contributed by atoms with Crippen LogP contribution in [0.2, 0.25) is 0 Å². The largest absolute Gasteiger partial charge is 0.369 e. The number of rotatable bonds is 2. The van der Waals surface area contributed by atoms with Crippen molar-refractivity contribution in [1.29, 1.82) is 0 Å². The molecule has 0 spiro atoms. The molecule has 0 aromatic heterocycles. The zero-order valence-corrected chi connectivity index (χ0v) is 9.86. The van der Waals surface area contributed by atoms with E-state index in [1.165, 1.54) is 16.7 Å². The Morgan fingerprint density at radius 3 is 3.00 bits per heavy atom. The summed E-state index contributed by atoms with van der Waals surface area (Å²) in [4.78, 5) is 13.1. The van der Waals surface area contributed by atoms with Crippen LogP contribution in [0.15, 0.2) is 18.2 Å². The molecule has 1 amide bonds. The molecule has 0 saturated heterocycles. The fourth-order valence-corrected chi connectivity index (χ4v) is 2.48. The molecule has 1 atom stereocenters. The van der Waals surface area contributed by atoms with Crippen molar-refractivity contribution in [2.24, 2.45) is 5.73 Å². The fraction of sp³-hybridized carbons (Fsp3) is 0.462. The number of amides is 1. The molecule has 2 rings (SSSR count). The van der Waals surface area contributed by atoms with Crippen LogP contribution in [-0.2, 0) is 11.3 Å². The van der Waals surface area contributed by atoms with E-state index in [0.717, 1.165) is 13.1 Å². The fourth-order valence-electron chi connectivity index (χ4n) is 2.48. The lowest BCUT2D eigenvalue weighted by Crippen LogP contribution is -2.38. The molecule has 0 fully saturated rings. The smallest absolute Gasteiger partial charge is 0.231 e. The molecule has 16 heavy (non-hydrogen) atoms. The number of benzene rings is 1. The predicted molar refractivity (Wildman–Crippen MR) is 64.1 cm³/mol. The highest BCUT2D eigenvalue weighted by atomic mass is 16.1. The number of carbonyl (C=O) groups excluding carboxylic acids is 1. The van der Waals surface area contributed by atoms with E-state index >= 15 is 0 Å². The second kappa shape index (κ2) is 4.26. The van der Waals surface area contributed by atoms with Gasteiger partial charge in [0.15, 0.2) is 0 Å². The Kier molecular flexibility index (Phi) is 2.97. The summed E-state index contributed by atoms with van der Waals surface area (Å²) in [6, 6.07) is 6.56. The average Bonchev–Trinajstić information content (AvgIpc) is 2.15. The average molecular weight is 218 g/mol. The Bertz CT molecular complexity index is 414. The van der Waals surface area contributed by atoms with Gasteiger partial charge in [0.1, 0.15) is 0 Å². The van der Waals surface area contributed by atoms with Crippen molar-refractivity contribution in [2.45, 2.75) is 26.3 Å². The molecular weight excluding hydrogens is 200 g/mol. The van der Waals surface area contributed by atoms with Gasteiger partial charge in [0, 0.05) is 13.1 Å². The monoisotopic (exact) mass is 218 g/mol. The molecule has 0 bridgehead atoms. The second-order valence-electron chi connectivity index (χ2n) is 4.74. The number of carbonyl (C=O) groups is 1. The molecule has 1 unspecified atom stereocenters. The third kappa shape index (κ3) is 2.25. The quantitative estimate of drug-likeness (QED) is 0.815. The Hall–Kier alpha value is -1.35. The minimum Gasteiger partial charge on any atom is -0.369 e. The van der Waals surface area contributed by atoms with Crippen LogP contribution in [0.1, 0.15) is 29.5 Å². The minimum atomic E-state index is -0.247. The van der Waals surface area contributed by atoms with Crippen molar-refractivity contribution in [3.05, 3.63) is 34.9 Å². The minimum absolute atomic E-state index is 0.247. The second-order valence-corrected chi connectivity index (χ2v) is 4.74. The highest BCUT2D eigenvalue weighted by Crippen LogP contribution is 2.28. The number of fused-ring (bicyclic) bond motifs is 1. The molecular formula is C13H18N2O. The van der Waals surface area contributed by atoms with Gasteiger partial charge in [-0.25, -0.2) is 0 Å². The van der Waals surface area contributed by atoms with Gasteiger partial charge < -0.3 is 5.73 Å². The van der Waals surface area contributed by atoms with Gasteiger partial charge in [-0.2, -0.15) is 0 Å². The maximum atomic E-state index is 10.9. The van der Waals surface area contributed by atoms with Crippen LogP contribution in [0.4, 0.5) is 0 Å². The molecule has 1 aromatic rings. The van der Waals surface area contributed by atoms with Gasteiger partial charge in [-0.05, 0) is 24.0 Å². The third-order valence-corrected chi connectivity index (χ3v) is 3.13. The summed E-state index contributed by atoms with van der Waals surface area (Å²) in [6.07, 6.45) is 0. The SMILES string of the molecule is Cc1ccc2c(c1)CN(CC(N)=O)CC2C. The van der Waals surface area contributed by atoms with Crippen LogP contribution in [0.3, 0.4) is 0 Å². The van der Waals surface area contributed by atoms with Crippen molar-refractivity contribution >= 4 is 5.91 Å². The summed E-state index contributed by atoms with van der Waals surface area (Å²) in [7, 11) is 0. The first-order valence-corrected chi connectivity index (χ1v) is 5.66. The lowest BCUT2D eigenvalue weighted by atomic mass is 9.90. The van der Waals surface area contributed by atoms with Gasteiger partial charge in [0.05, 0.1) is 6.54 Å². The van der Waals surface area contributed by atoms with Crippen LogP contribution in [0.5, 0.6) is 0 Å². The van der Waals surface area contributed by atoms with E-state index in [1.54, 1.807) is 0 Å². The summed E-state index contributed by atoms with van der Waals surface area (Å²) < 4.78 is 0. The van der Waals surface area contributed by atoms with E-state index in [0.29, 0.717) is 12.5 Å². The summed E-state index contributed by atoms with van der Waals surface area (Å²) in [6.45, 7) is 6.40. The Morgan fingerprint density at radius 1 is 1.56 bits per heavy atom. The number of aryl methyl sites for hydroxylation is 1. The third-order valence-electron chi connectivity index (χ3n) is 3.13. The highest BCUT2D eigenvalue weighted by molar-refractivity contribution is 5.76. The Labute approximate surface area is 96.2 Å². The zero-order valence-electron chi connectivity index (χ0n) is 9.86. The predicted octanol–water partition coefficient (Wildman–Crippen LogP) is 1.40. The van der Waals surface area contributed by atoms with E-state index in [4.69, 9.17) is 5.73 Å². The van der Waals surface area contributed by atoms with Gasteiger partial charge in [0.2, 0.25) is 5.91 Å². The lowest BCUT2D eigenvalue weighted by molar-refractivity contribution is -0.119. The van der Waals surface area contributed by atoms with Crippen LogP contribution in [0.25, 0.3) is 0 Å². The molecule has 3 nitrogen and oxygen atoms in total. The summed E-state index contributed by atoms with van der Waals surface area (Å²) in [5.74, 6) is 0.229. The van der Waals surface area contributed by atoms with Gasteiger partial charge in [-0.3, -0.25) is 9.69 Å².